The number of H-pyrrole nitrogens is 1. The minimum Gasteiger partial charge on any atom is -0.361 e. The quantitative estimate of drug-likeness (QED) is 0.800. The molecule has 0 spiro atoms. The Labute approximate surface area is 118 Å². The van der Waals surface area contributed by atoms with E-state index >= 15 is 0 Å². The van der Waals surface area contributed by atoms with E-state index in [0.717, 1.165) is 16.5 Å². The zero-order valence-corrected chi connectivity index (χ0v) is 11.7. The lowest BCUT2D eigenvalue weighted by molar-refractivity contribution is 0.595. The van der Waals surface area contributed by atoms with Crippen molar-refractivity contribution in [1.29, 1.82) is 0 Å². The summed E-state index contributed by atoms with van der Waals surface area (Å²) in [5.74, 6) is 0.132. The molecular formula is C16H15NO2S. The number of benzene rings is 2. The van der Waals surface area contributed by atoms with E-state index in [9.17, 15) is 8.42 Å². The Morgan fingerprint density at radius 1 is 0.950 bits per heavy atom. The van der Waals surface area contributed by atoms with Gasteiger partial charge in [-0.1, -0.05) is 24.3 Å². The lowest BCUT2D eigenvalue weighted by atomic mass is 10.1. The molecule has 3 nitrogen and oxygen atoms in total. The van der Waals surface area contributed by atoms with Crippen molar-refractivity contribution in [3.05, 3.63) is 66.4 Å². The molecule has 4 heteroatoms. The van der Waals surface area contributed by atoms with Crippen LogP contribution in [0.4, 0.5) is 0 Å². The van der Waals surface area contributed by atoms with Gasteiger partial charge < -0.3 is 4.98 Å². The van der Waals surface area contributed by atoms with Crippen LogP contribution in [0.25, 0.3) is 10.9 Å². The highest BCUT2D eigenvalue weighted by Crippen LogP contribution is 2.17. The first kappa shape index (κ1) is 12.9. The van der Waals surface area contributed by atoms with E-state index in [2.05, 4.69) is 4.98 Å². The molecule has 0 saturated carbocycles. The monoisotopic (exact) mass is 285 g/mol. The largest absolute Gasteiger partial charge is 0.361 e. The van der Waals surface area contributed by atoms with Gasteiger partial charge in [0.25, 0.3) is 0 Å². The molecule has 3 rings (SSSR count). The van der Waals surface area contributed by atoms with Gasteiger partial charge in [0.2, 0.25) is 0 Å². The number of rotatable bonds is 4. The van der Waals surface area contributed by atoms with Crippen LogP contribution in [0.5, 0.6) is 0 Å². The van der Waals surface area contributed by atoms with E-state index in [4.69, 9.17) is 0 Å². The van der Waals surface area contributed by atoms with Crippen LogP contribution in [0.3, 0.4) is 0 Å². The van der Waals surface area contributed by atoms with Crippen molar-refractivity contribution in [3.63, 3.8) is 0 Å². The molecule has 20 heavy (non-hydrogen) atoms. The highest BCUT2D eigenvalue weighted by Gasteiger charge is 2.13. The molecule has 0 aliphatic heterocycles. The Hall–Kier alpha value is -2.07. The van der Waals surface area contributed by atoms with Crippen LogP contribution in [0.1, 0.15) is 5.56 Å². The average molecular weight is 285 g/mol. The fourth-order valence-electron chi connectivity index (χ4n) is 2.26. The van der Waals surface area contributed by atoms with Gasteiger partial charge in [-0.05, 0) is 47.7 Å². The Morgan fingerprint density at radius 3 is 2.55 bits per heavy atom. The zero-order chi connectivity index (χ0) is 14.0. The standard InChI is InChI=1S/C16H15NO2S/c18-20(19,15-4-2-1-3-5-15)11-9-13-6-7-16-14(12-13)8-10-17-16/h1-8,10,12,17H,9,11H2. The molecule has 1 aromatic heterocycles. The maximum atomic E-state index is 12.2. The summed E-state index contributed by atoms with van der Waals surface area (Å²) in [6.07, 6.45) is 2.41. The minimum absolute atomic E-state index is 0.132. The summed E-state index contributed by atoms with van der Waals surface area (Å²) in [7, 11) is -3.21. The maximum absolute atomic E-state index is 12.2. The Morgan fingerprint density at radius 2 is 1.75 bits per heavy atom. The summed E-state index contributed by atoms with van der Waals surface area (Å²) in [4.78, 5) is 3.52. The van der Waals surface area contributed by atoms with Gasteiger partial charge in [-0.2, -0.15) is 0 Å². The van der Waals surface area contributed by atoms with Gasteiger partial charge in [-0.15, -0.1) is 0 Å². The van der Waals surface area contributed by atoms with E-state index in [1.807, 2.05) is 36.5 Å². The van der Waals surface area contributed by atoms with Gasteiger partial charge in [-0.25, -0.2) is 8.42 Å². The molecule has 1 heterocycles. The van der Waals surface area contributed by atoms with Crippen LogP contribution in [-0.4, -0.2) is 19.2 Å². The van der Waals surface area contributed by atoms with Gasteiger partial charge in [-0.3, -0.25) is 0 Å². The van der Waals surface area contributed by atoms with E-state index < -0.39 is 9.84 Å². The Balaban J connectivity index is 1.79. The van der Waals surface area contributed by atoms with Crippen molar-refractivity contribution < 1.29 is 8.42 Å². The summed E-state index contributed by atoms with van der Waals surface area (Å²) in [5.41, 5.74) is 2.11. The van der Waals surface area contributed by atoms with E-state index in [1.54, 1.807) is 24.3 Å². The SMILES string of the molecule is O=S(=O)(CCc1ccc2[nH]ccc2c1)c1ccccc1. The van der Waals surface area contributed by atoms with Crippen LogP contribution >= 0.6 is 0 Å². The molecule has 0 radical (unpaired) electrons. The highest BCUT2D eigenvalue weighted by molar-refractivity contribution is 7.91. The van der Waals surface area contributed by atoms with Crippen molar-refractivity contribution in [2.75, 3.05) is 5.75 Å². The minimum atomic E-state index is -3.21. The van der Waals surface area contributed by atoms with Gasteiger partial charge in [0, 0.05) is 11.7 Å². The predicted octanol–water partition coefficient (Wildman–Crippen LogP) is 3.18. The second-order valence-electron chi connectivity index (χ2n) is 4.78. The third kappa shape index (κ3) is 2.60. The number of hydrogen-bond donors (Lipinski definition) is 1. The summed E-state index contributed by atoms with van der Waals surface area (Å²) >= 11 is 0. The fourth-order valence-corrected chi connectivity index (χ4v) is 3.57. The van der Waals surface area contributed by atoms with Crippen molar-refractivity contribution in [1.82, 2.24) is 4.98 Å². The van der Waals surface area contributed by atoms with Gasteiger partial charge in [0.05, 0.1) is 10.6 Å². The number of aromatic amines is 1. The molecule has 0 unspecified atom stereocenters. The van der Waals surface area contributed by atoms with Gasteiger partial charge in [0.1, 0.15) is 0 Å². The molecule has 0 aliphatic rings. The molecule has 0 fully saturated rings. The Kier molecular flexibility index (Phi) is 3.32. The molecule has 102 valence electrons. The molecule has 0 saturated heterocycles. The lowest BCUT2D eigenvalue weighted by Crippen LogP contribution is -2.09. The number of fused-ring (bicyclic) bond motifs is 1. The van der Waals surface area contributed by atoms with Gasteiger partial charge >= 0.3 is 0 Å². The molecule has 0 amide bonds. The van der Waals surface area contributed by atoms with Crippen molar-refractivity contribution in [2.24, 2.45) is 0 Å². The number of sulfone groups is 1. The number of nitrogens with one attached hydrogen (secondary N) is 1. The van der Waals surface area contributed by atoms with Crippen LogP contribution in [0, 0.1) is 0 Å². The van der Waals surface area contributed by atoms with Crippen molar-refractivity contribution in [2.45, 2.75) is 11.3 Å². The topological polar surface area (TPSA) is 49.9 Å². The smallest absolute Gasteiger partial charge is 0.178 e. The average Bonchev–Trinajstić information content (AvgIpc) is 2.94. The second-order valence-corrected chi connectivity index (χ2v) is 6.89. The highest BCUT2D eigenvalue weighted by atomic mass is 32.2. The number of aromatic nitrogens is 1. The van der Waals surface area contributed by atoms with Crippen molar-refractivity contribution in [3.8, 4) is 0 Å². The lowest BCUT2D eigenvalue weighted by Gasteiger charge is -2.05. The van der Waals surface area contributed by atoms with E-state index in [1.165, 1.54) is 0 Å². The van der Waals surface area contributed by atoms with Crippen LogP contribution in [0.15, 0.2) is 65.7 Å². The molecule has 0 bridgehead atoms. The molecule has 3 aromatic rings. The number of hydrogen-bond acceptors (Lipinski definition) is 2. The third-order valence-corrected chi connectivity index (χ3v) is 5.11. The molecule has 2 aromatic carbocycles. The molecular weight excluding hydrogens is 270 g/mol. The van der Waals surface area contributed by atoms with Crippen molar-refractivity contribution >= 4 is 20.7 Å². The second kappa shape index (κ2) is 5.13. The summed E-state index contributed by atoms with van der Waals surface area (Å²) in [5, 5.41) is 1.11. The zero-order valence-electron chi connectivity index (χ0n) is 10.9. The van der Waals surface area contributed by atoms with E-state index in [-0.39, 0.29) is 5.75 Å². The third-order valence-electron chi connectivity index (χ3n) is 3.38. The Bertz CT molecular complexity index is 820. The number of aryl methyl sites for hydroxylation is 1. The summed E-state index contributed by atoms with van der Waals surface area (Å²) in [6, 6.07) is 16.6. The first-order chi connectivity index (χ1) is 9.65. The van der Waals surface area contributed by atoms with E-state index in [0.29, 0.717) is 11.3 Å². The summed E-state index contributed by atoms with van der Waals surface area (Å²) < 4.78 is 24.4. The maximum Gasteiger partial charge on any atom is 0.178 e. The van der Waals surface area contributed by atoms with Crippen LogP contribution in [0.2, 0.25) is 0 Å². The fraction of sp³-hybridized carbons (Fsp3) is 0.125. The normalized spacial score (nSPS) is 11.8. The van der Waals surface area contributed by atoms with Crippen LogP contribution in [-0.2, 0) is 16.3 Å². The summed E-state index contributed by atoms with van der Waals surface area (Å²) in [6.45, 7) is 0. The van der Waals surface area contributed by atoms with Crippen LogP contribution < -0.4 is 0 Å². The molecule has 0 aliphatic carbocycles. The first-order valence-corrected chi connectivity index (χ1v) is 8.14. The van der Waals surface area contributed by atoms with Gasteiger partial charge in [0.15, 0.2) is 9.84 Å². The molecule has 1 N–H and O–H groups in total. The first-order valence-electron chi connectivity index (χ1n) is 6.49. The predicted molar refractivity (Wildman–Crippen MR) is 80.5 cm³/mol. The molecule has 0 atom stereocenters.